The number of rotatable bonds is 6. The summed E-state index contributed by atoms with van der Waals surface area (Å²) in [6.07, 6.45) is -3.84. The molecular formula is C28H24F4N4O4. The Balaban J connectivity index is 1.61. The van der Waals surface area contributed by atoms with Gasteiger partial charge in [0.1, 0.15) is 29.3 Å². The fourth-order valence-electron chi connectivity index (χ4n) is 4.76. The lowest BCUT2D eigenvalue weighted by atomic mass is 9.81. The Morgan fingerprint density at radius 1 is 1.18 bits per heavy atom. The lowest BCUT2D eigenvalue weighted by Crippen LogP contribution is -2.51. The number of aryl methyl sites for hydroxylation is 1. The number of nitrogens with zero attached hydrogens (tertiary/aromatic N) is 2. The number of pyridine rings is 1. The third-order valence-electron chi connectivity index (χ3n) is 7.27. The molecule has 0 aliphatic carbocycles. The van der Waals surface area contributed by atoms with E-state index >= 15 is 0 Å². The van der Waals surface area contributed by atoms with Crippen LogP contribution in [0.25, 0.3) is 22.2 Å². The first-order valence-corrected chi connectivity index (χ1v) is 12.1. The molecule has 0 fully saturated rings. The largest absolute Gasteiger partial charge is 0.489 e. The van der Waals surface area contributed by atoms with E-state index in [0.717, 1.165) is 18.2 Å². The minimum Gasteiger partial charge on any atom is -0.489 e. The first-order valence-electron chi connectivity index (χ1n) is 12.1. The molecule has 5 rings (SSSR count). The third-order valence-corrected chi connectivity index (χ3v) is 7.27. The van der Waals surface area contributed by atoms with Gasteiger partial charge in [-0.1, -0.05) is 18.2 Å². The number of hydrogen-bond donors (Lipinski definition) is 3. The number of carbonyl (C=O) groups excluding carboxylic acids is 2. The van der Waals surface area contributed by atoms with Crippen LogP contribution in [0.2, 0.25) is 0 Å². The summed E-state index contributed by atoms with van der Waals surface area (Å²) in [6.45, 7) is -0.172. The van der Waals surface area contributed by atoms with Crippen LogP contribution >= 0.6 is 0 Å². The number of alkyl halides is 3. The van der Waals surface area contributed by atoms with Crippen molar-refractivity contribution >= 4 is 22.7 Å². The van der Waals surface area contributed by atoms with Crippen LogP contribution in [0, 0.1) is 5.82 Å². The number of benzene rings is 2. The summed E-state index contributed by atoms with van der Waals surface area (Å²) in [6, 6.07) is 12.5. The van der Waals surface area contributed by atoms with Crippen molar-refractivity contribution in [2.75, 3.05) is 13.2 Å². The second-order valence-electron chi connectivity index (χ2n) is 9.94. The zero-order valence-electron chi connectivity index (χ0n) is 21.3. The van der Waals surface area contributed by atoms with Crippen LogP contribution in [-0.2, 0) is 22.9 Å². The number of para-hydroxylation sites is 1. The average Bonchev–Trinajstić information content (AvgIpc) is 3.44. The van der Waals surface area contributed by atoms with Gasteiger partial charge in [-0.05, 0) is 43.3 Å². The fourth-order valence-corrected chi connectivity index (χ4v) is 4.76. The van der Waals surface area contributed by atoms with Crippen molar-refractivity contribution in [1.82, 2.24) is 14.9 Å². The molecule has 3 heterocycles. The Labute approximate surface area is 225 Å². The summed E-state index contributed by atoms with van der Waals surface area (Å²) in [5.74, 6) is -2.32. The molecule has 40 heavy (non-hydrogen) atoms. The molecule has 2 atom stereocenters. The summed E-state index contributed by atoms with van der Waals surface area (Å²) in [5, 5.41) is 13.9. The van der Waals surface area contributed by atoms with Crippen molar-refractivity contribution in [3.05, 3.63) is 83.4 Å². The standard InChI is InChI=1S/C28H24F4N4O4/c1-26(25(33)38)14-40-23-19(26)11-21(35-22(23)15-7-9-16(29)10-8-15)27(39,28(30,31)32)13-34-24(37)18-12-36(2)20-6-4-3-5-17(18)20/h3-12,39H,13-14H2,1-2H3,(H2,33,38)(H,34,37)/t26-,27-/m0/s1. The van der Waals surface area contributed by atoms with Gasteiger partial charge in [0.15, 0.2) is 0 Å². The number of nitrogens with two attached hydrogens (primary N) is 1. The number of primary amides is 1. The highest BCUT2D eigenvalue weighted by Gasteiger charge is 2.57. The average molecular weight is 557 g/mol. The number of aromatic nitrogens is 2. The number of amides is 2. The Morgan fingerprint density at radius 2 is 1.85 bits per heavy atom. The van der Waals surface area contributed by atoms with Crippen molar-refractivity contribution < 1.29 is 37.0 Å². The summed E-state index contributed by atoms with van der Waals surface area (Å²) in [4.78, 5) is 29.5. The molecule has 1 aliphatic heterocycles. The van der Waals surface area contributed by atoms with Gasteiger partial charge >= 0.3 is 6.18 Å². The first-order chi connectivity index (χ1) is 18.8. The molecule has 2 amide bonds. The van der Waals surface area contributed by atoms with Gasteiger partial charge in [0.2, 0.25) is 11.5 Å². The maximum absolute atomic E-state index is 14.6. The van der Waals surface area contributed by atoms with E-state index in [1.807, 2.05) is 0 Å². The van der Waals surface area contributed by atoms with E-state index in [2.05, 4.69) is 10.3 Å². The lowest BCUT2D eigenvalue weighted by molar-refractivity contribution is -0.265. The van der Waals surface area contributed by atoms with Gasteiger partial charge in [-0.3, -0.25) is 9.59 Å². The van der Waals surface area contributed by atoms with Crippen molar-refractivity contribution in [3.8, 4) is 17.0 Å². The summed E-state index contributed by atoms with van der Waals surface area (Å²) in [7, 11) is 1.69. The van der Waals surface area contributed by atoms with Crippen molar-refractivity contribution in [2.45, 2.75) is 24.1 Å². The van der Waals surface area contributed by atoms with E-state index in [1.54, 1.807) is 35.9 Å². The van der Waals surface area contributed by atoms with Gasteiger partial charge in [0.25, 0.3) is 5.91 Å². The molecule has 2 aromatic heterocycles. The van der Waals surface area contributed by atoms with Crippen molar-refractivity contribution in [3.63, 3.8) is 0 Å². The van der Waals surface area contributed by atoms with Gasteiger partial charge in [0.05, 0.1) is 17.8 Å². The molecule has 4 N–H and O–H groups in total. The van der Waals surface area contributed by atoms with Crippen LogP contribution in [0.5, 0.6) is 5.75 Å². The Kier molecular flexibility index (Phi) is 6.33. The zero-order valence-corrected chi connectivity index (χ0v) is 21.3. The number of hydrogen-bond acceptors (Lipinski definition) is 5. The number of nitrogens with one attached hydrogen (secondary N) is 1. The van der Waals surface area contributed by atoms with Gasteiger partial charge < -0.3 is 25.5 Å². The van der Waals surface area contributed by atoms with E-state index < -0.39 is 47.1 Å². The van der Waals surface area contributed by atoms with Crippen molar-refractivity contribution in [1.29, 1.82) is 0 Å². The predicted molar refractivity (Wildman–Crippen MR) is 137 cm³/mol. The molecule has 2 aromatic carbocycles. The number of ether oxygens (including phenoxy) is 1. The Bertz CT molecular complexity index is 1650. The molecular weight excluding hydrogens is 532 g/mol. The molecule has 12 heteroatoms. The van der Waals surface area contributed by atoms with Crippen LogP contribution in [0.1, 0.15) is 28.5 Å². The Morgan fingerprint density at radius 3 is 2.50 bits per heavy atom. The molecule has 4 aromatic rings. The van der Waals surface area contributed by atoms with E-state index in [9.17, 15) is 32.3 Å². The maximum atomic E-state index is 14.6. The normalized spacial score (nSPS) is 18.2. The van der Waals surface area contributed by atoms with Crippen LogP contribution in [-0.4, -0.2) is 45.8 Å². The quantitative estimate of drug-likeness (QED) is 0.313. The molecule has 0 bridgehead atoms. The fraction of sp³-hybridized carbons (Fsp3) is 0.250. The van der Waals surface area contributed by atoms with Crippen LogP contribution in [0.4, 0.5) is 17.6 Å². The highest BCUT2D eigenvalue weighted by molar-refractivity contribution is 6.07. The minimum absolute atomic E-state index is 0.0130. The molecule has 0 unspecified atom stereocenters. The second kappa shape index (κ2) is 9.33. The molecule has 0 saturated carbocycles. The minimum atomic E-state index is -5.32. The topological polar surface area (TPSA) is 119 Å². The number of carbonyl (C=O) groups is 2. The maximum Gasteiger partial charge on any atom is 0.424 e. The highest BCUT2D eigenvalue weighted by Crippen LogP contribution is 2.47. The number of halogens is 4. The zero-order chi connectivity index (χ0) is 29.0. The van der Waals surface area contributed by atoms with Gasteiger partial charge in [0, 0.05) is 35.3 Å². The number of aliphatic hydroxyl groups is 1. The van der Waals surface area contributed by atoms with E-state index in [-0.39, 0.29) is 34.7 Å². The molecule has 208 valence electrons. The molecule has 0 spiro atoms. The molecule has 0 saturated heterocycles. The van der Waals surface area contributed by atoms with Crippen molar-refractivity contribution in [2.24, 2.45) is 12.8 Å². The van der Waals surface area contributed by atoms with Crippen LogP contribution < -0.4 is 15.8 Å². The van der Waals surface area contributed by atoms with Crippen LogP contribution in [0.3, 0.4) is 0 Å². The molecule has 8 nitrogen and oxygen atoms in total. The van der Waals surface area contributed by atoms with E-state index in [0.29, 0.717) is 10.9 Å². The van der Waals surface area contributed by atoms with Gasteiger partial charge in [-0.15, -0.1) is 0 Å². The summed E-state index contributed by atoms with van der Waals surface area (Å²) in [5.41, 5.74) is 0.271. The Hall–Kier alpha value is -4.45. The second-order valence-corrected chi connectivity index (χ2v) is 9.94. The predicted octanol–water partition coefficient (Wildman–Crippen LogP) is 3.69. The molecule has 1 aliphatic rings. The third kappa shape index (κ3) is 4.24. The van der Waals surface area contributed by atoms with E-state index in [4.69, 9.17) is 10.5 Å². The van der Waals surface area contributed by atoms with Crippen LogP contribution in [0.15, 0.2) is 60.8 Å². The highest BCUT2D eigenvalue weighted by atomic mass is 19.4. The molecule has 0 radical (unpaired) electrons. The van der Waals surface area contributed by atoms with E-state index in [1.165, 1.54) is 25.3 Å². The summed E-state index contributed by atoms with van der Waals surface area (Å²) >= 11 is 0. The lowest BCUT2D eigenvalue weighted by Gasteiger charge is -2.31. The smallest absolute Gasteiger partial charge is 0.424 e. The summed E-state index contributed by atoms with van der Waals surface area (Å²) < 4.78 is 64.6. The SMILES string of the molecule is Cn1cc(C(=O)NC[C@](O)(c2cc3c(c(-c4ccc(F)cc4)n2)OC[C@]3(C)C(N)=O)C(F)(F)F)c2ccccc21. The monoisotopic (exact) mass is 556 g/mol. The number of fused-ring (bicyclic) bond motifs is 2. The van der Waals surface area contributed by atoms with Gasteiger partial charge in [-0.25, -0.2) is 9.37 Å². The first kappa shape index (κ1) is 27.1. The van der Waals surface area contributed by atoms with Gasteiger partial charge in [-0.2, -0.15) is 13.2 Å².